The SMILES string of the molecule is CN(C)CCN(C)c1cc(Cl)c(F)c(CN)c1. The maximum absolute atomic E-state index is 13.5. The lowest BCUT2D eigenvalue weighted by atomic mass is 10.1. The zero-order valence-electron chi connectivity index (χ0n) is 10.5. The lowest BCUT2D eigenvalue weighted by molar-refractivity contribution is 0.416. The minimum absolute atomic E-state index is 0.125. The van der Waals surface area contributed by atoms with Gasteiger partial charge in [0.25, 0.3) is 0 Å². The van der Waals surface area contributed by atoms with Gasteiger partial charge in [-0.05, 0) is 26.2 Å². The monoisotopic (exact) mass is 259 g/mol. The van der Waals surface area contributed by atoms with Crippen molar-refractivity contribution in [3.8, 4) is 0 Å². The highest BCUT2D eigenvalue weighted by atomic mass is 35.5. The minimum atomic E-state index is -0.418. The van der Waals surface area contributed by atoms with E-state index < -0.39 is 5.82 Å². The second-order valence-corrected chi connectivity index (χ2v) is 4.74. The third-order valence-electron chi connectivity index (χ3n) is 2.63. The predicted octanol–water partition coefficient (Wildman–Crippen LogP) is 1.94. The highest BCUT2D eigenvalue weighted by Crippen LogP contribution is 2.25. The van der Waals surface area contributed by atoms with Crippen molar-refractivity contribution in [2.75, 3.05) is 39.1 Å². The zero-order chi connectivity index (χ0) is 13.0. The normalized spacial score (nSPS) is 11.0. The number of halogens is 2. The van der Waals surface area contributed by atoms with E-state index in [9.17, 15) is 4.39 Å². The second kappa shape index (κ2) is 6.19. The van der Waals surface area contributed by atoms with Crippen LogP contribution < -0.4 is 10.6 Å². The Labute approximate surface area is 107 Å². The lowest BCUT2D eigenvalue weighted by Crippen LogP contribution is -2.28. The van der Waals surface area contributed by atoms with E-state index in [-0.39, 0.29) is 11.6 Å². The van der Waals surface area contributed by atoms with Gasteiger partial charge in [-0.25, -0.2) is 4.39 Å². The molecular formula is C12H19ClFN3. The molecule has 17 heavy (non-hydrogen) atoms. The fraction of sp³-hybridized carbons (Fsp3) is 0.500. The molecule has 1 aromatic rings. The molecule has 96 valence electrons. The summed E-state index contributed by atoms with van der Waals surface area (Å²) in [6.07, 6.45) is 0. The van der Waals surface area contributed by atoms with Crippen LogP contribution in [0, 0.1) is 5.82 Å². The Kier molecular flexibility index (Phi) is 5.18. The first-order chi connectivity index (χ1) is 7.95. The second-order valence-electron chi connectivity index (χ2n) is 4.33. The van der Waals surface area contributed by atoms with Crippen molar-refractivity contribution >= 4 is 17.3 Å². The van der Waals surface area contributed by atoms with Crippen molar-refractivity contribution in [3.05, 3.63) is 28.5 Å². The van der Waals surface area contributed by atoms with Gasteiger partial charge in [-0.15, -0.1) is 0 Å². The van der Waals surface area contributed by atoms with Gasteiger partial charge in [0.1, 0.15) is 5.82 Å². The average molecular weight is 260 g/mol. The van der Waals surface area contributed by atoms with Crippen LogP contribution in [0.25, 0.3) is 0 Å². The van der Waals surface area contributed by atoms with E-state index in [2.05, 4.69) is 4.90 Å². The Morgan fingerprint density at radius 1 is 1.24 bits per heavy atom. The van der Waals surface area contributed by atoms with Crippen LogP contribution in [0.1, 0.15) is 5.56 Å². The van der Waals surface area contributed by atoms with E-state index >= 15 is 0 Å². The van der Waals surface area contributed by atoms with Gasteiger partial charge < -0.3 is 15.5 Å². The Balaban J connectivity index is 2.87. The van der Waals surface area contributed by atoms with Crippen LogP contribution in [0.3, 0.4) is 0 Å². The number of hydrogen-bond acceptors (Lipinski definition) is 3. The molecule has 1 rings (SSSR count). The van der Waals surface area contributed by atoms with E-state index in [1.54, 1.807) is 12.1 Å². The summed E-state index contributed by atoms with van der Waals surface area (Å²) in [7, 11) is 5.97. The molecule has 0 spiro atoms. The Morgan fingerprint density at radius 3 is 2.41 bits per heavy atom. The van der Waals surface area contributed by atoms with Gasteiger partial charge >= 0.3 is 0 Å². The van der Waals surface area contributed by atoms with Gasteiger partial charge in [-0.3, -0.25) is 0 Å². The molecule has 3 nitrogen and oxygen atoms in total. The molecule has 0 amide bonds. The first-order valence-corrected chi connectivity index (χ1v) is 5.87. The summed E-state index contributed by atoms with van der Waals surface area (Å²) < 4.78 is 13.5. The molecule has 0 heterocycles. The van der Waals surface area contributed by atoms with Crippen molar-refractivity contribution in [2.45, 2.75) is 6.54 Å². The van der Waals surface area contributed by atoms with Crippen molar-refractivity contribution in [1.82, 2.24) is 4.90 Å². The van der Waals surface area contributed by atoms with Crippen molar-refractivity contribution in [3.63, 3.8) is 0 Å². The van der Waals surface area contributed by atoms with E-state index in [1.807, 2.05) is 26.0 Å². The van der Waals surface area contributed by atoms with Crippen LogP contribution in [0.15, 0.2) is 12.1 Å². The average Bonchev–Trinajstić information content (AvgIpc) is 2.29. The number of rotatable bonds is 5. The summed E-state index contributed by atoms with van der Waals surface area (Å²) in [4.78, 5) is 4.12. The maximum atomic E-state index is 13.5. The van der Waals surface area contributed by atoms with E-state index in [0.29, 0.717) is 5.56 Å². The van der Waals surface area contributed by atoms with Crippen molar-refractivity contribution in [1.29, 1.82) is 0 Å². The van der Waals surface area contributed by atoms with Crippen LogP contribution in [0.2, 0.25) is 5.02 Å². The summed E-state index contributed by atoms with van der Waals surface area (Å²) in [6.45, 7) is 1.92. The number of benzene rings is 1. The van der Waals surface area contributed by atoms with Gasteiger partial charge in [0, 0.05) is 37.9 Å². The summed E-state index contributed by atoms with van der Waals surface area (Å²) in [5, 5.41) is 0.125. The smallest absolute Gasteiger partial charge is 0.146 e. The number of likely N-dealkylation sites (N-methyl/N-ethyl adjacent to an activating group) is 2. The zero-order valence-corrected chi connectivity index (χ0v) is 11.3. The van der Waals surface area contributed by atoms with Gasteiger partial charge in [0.2, 0.25) is 0 Å². The van der Waals surface area contributed by atoms with Crippen LogP contribution >= 0.6 is 11.6 Å². The molecule has 0 aliphatic carbocycles. The molecule has 0 aliphatic heterocycles. The fourth-order valence-electron chi connectivity index (χ4n) is 1.48. The number of nitrogens with zero attached hydrogens (tertiary/aromatic N) is 2. The maximum Gasteiger partial charge on any atom is 0.146 e. The standard InChI is InChI=1S/C12H19ClFN3/c1-16(2)4-5-17(3)10-6-9(8-15)12(14)11(13)7-10/h6-7H,4-5,8,15H2,1-3H3. The first kappa shape index (κ1) is 14.2. The predicted molar refractivity (Wildman–Crippen MR) is 71.1 cm³/mol. The quantitative estimate of drug-likeness (QED) is 0.877. The topological polar surface area (TPSA) is 32.5 Å². The molecule has 0 fully saturated rings. The van der Waals surface area contributed by atoms with Crippen LogP contribution in [-0.2, 0) is 6.54 Å². The Hall–Kier alpha value is -0.840. The van der Waals surface area contributed by atoms with Crippen LogP contribution in [0.4, 0.5) is 10.1 Å². The third kappa shape index (κ3) is 3.84. The Bertz CT molecular complexity index is 382. The molecule has 2 N–H and O–H groups in total. The summed E-state index contributed by atoms with van der Waals surface area (Å²) in [5.74, 6) is -0.418. The molecule has 0 radical (unpaired) electrons. The molecule has 0 aliphatic rings. The largest absolute Gasteiger partial charge is 0.373 e. The van der Waals surface area contributed by atoms with Crippen LogP contribution in [-0.4, -0.2) is 39.1 Å². The summed E-state index contributed by atoms with van der Waals surface area (Å²) in [6, 6.07) is 3.38. The third-order valence-corrected chi connectivity index (χ3v) is 2.91. The van der Waals surface area contributed by atoms with Gasteiger partial charge in [-0.2, -0.15) is 0 Å². The van der Waals surface area contributed by atoms with Gasteiger partial charge in [0.05, 0.1) is 5.02 Å². The Morgan fingerprint density at radius 2 is 1.88 bits per heavy atom. The molecule has 0 unspecified atom stereocenters. The van der Waals surface area contributed by atoms with Crippen LogP contribution in [0.5, 0.6) is 0 Å². The molecule has 0 atom stereocenters. The lowest BCUT2D eigenvalue weighted by Gasteiger charge is -2.22. The van der Waals surface area contributed by atoms with Gasteiger partial charge in [-0.1, -0.05) is 11.6 Å². The first-order valence-electron chi connectivity index (χ1n) is 5.49. The minimum Gasteiger partial charge on any atom is -0.373 e. The molecule has 0 saturated heterocycles. The molecule has 0 aromatic heterocycles. The summed E-state index contributed by atoms with van der Waals surface area (Å²) in [5.41, 5.74) is 6.82. The van der Waals surface area contributed by atoms with E-state index in [1.165, 1.54) is 0 Å². The molecule has 0 saturated carbocycles. The summed E-state index contributed by atoms with van der Waals surface area (Å²) >= 11 is 5.84. The molecule has 0 bridgehead atoms. The molecule has 1 aromatic carbocycles. The van der Waals surface area contributed by atoms with E-state index in [0.717, 1.165) is 18.8 Å². The number of nitrogens with two attached hydrogens (primary N) is 1. The fourth-order valence-corrected chi connectivity index (χ4v) is 1.71. The highest BCUT2D eigenvalue weighted by Gasteiger charge is 2.10. The molecule has 5 heteroatoms. The highest BCUT2D eigenvalue weighted by molar-refractivity contribution is 6.31. The van der Waals surface area contributed by atoms with Crippen molar-refractivity contribution in [2.24, 2.45) is 5.73 Å². The van der Waals surface area contributed by atoms with E-state index in [4.69, 9.17) is 17.3 Å². The van der Waals surface area contributed by atoms with Crippen molar-refractivity contribution < 1.29 is 4.39 Å². The number of anilines is 1. The molecular weight excluding hydrogens is 241 g/mol. The number of hydrogen-bond donors (Lipinski definition) is 1. The van der Waals surface area contributed by atoms with Gasteiger partial charge in [0.15, 0.2) is 0 Å².